The van der Waals surface area contributed by atoms with Gasteiger partial charge < -0.3 is 36.5 Å². The van der Waals surface area contributed by atoms with Crippen LogP contribution in [0.4, 0.5) is 0 Å². The number of fused-ring (bicyclic) bond motifs is 27. The Balaban J connectivity index is 0.000000101. The number of hydrogen-bond donors (Lipinski definition) is 0. The van der Waals surface area contributed by atoms with E-state index >= 15 is 0 Å². The van der Waals surface area contributed by atoms with Gasteiger partial charge in [0.15, 0.2) is 0 Å². The lowest BCUT2D eigenvalue weighted by atomic mass is 10.1. The highest BCUT2D eigenvalue weighted by Crippen LogP contribution is 2.45. The maximum atomic E-state index is 4.93. The second kappa shape index (κ2) is 30.1. The monoisotopic (exact) mass is 1720 g/mol. The Labute approximate surface area is 772 Å². The quantitative estimate of drug-likeness (QED) is 0.144. The average molecular weight is 1720 g/mol. The predicted molar refractivity (Wildman–Crippen MR) is 562 cm³/mol. The van der Waals surface area contributed by atoms with Gasteiger partial charge in [-0.2, -0.15) is 0 Å². The molecule has 18 aromatic carbocycles. The van der Waals surface area contributed by atoms with Gasteiger partial charge in [-0.1, -0.05) is 237 Å². The van der Waals surface area contributed by atoms with Gasteiger partial charge in [-0.05, 0) is 206 Å². The fraction of sp³-hybridized carbons (Fsp3) is 0. The van der Waals surface area contributed by atoms with E-state index in [-0.39, 0.29) is 0 Å². The van der Waals surface area contributed by atoms with Gasteiger partial charge in [0.1, 0.15) is 5.65 Å². The van der Waals surface area contributed by atoms with E-state index in [1.54, 1.807) is 0 Å². The van der Waals surface area contributed by atoms with Crippen molar-refractivity contribution < 1.29 is 0 Å². The zero-order chi connectivity index (χ0) is 88.5. The summed E-state index contributed by atoms with van der Waals surface area (Å²) in [6.07, 6.45) is 9.67. The molecule has 0 saturated heterocycles. The maximum absolute atomic E-state index is 4.93. The van der Waals surface area contributed by atoms with Crippen molar-refractivity contribution in [3.05, 3.63) is 474 Å². The summed E-state index contributed by atoms with van der Waals surface area (Å²) in [5.74, 6) is 0. The van der Waals surface area contributed by atoms with Gasteiger partial charge in [0.25, 0.3) is 0 Å². The minimum atomic E-state index is 0.950. The summed E-state index contributed by atoms with van der Waals surface area (Å²) in [6.45, 7) is 0. The normalized spacial score (nSPS) is 12.0. The van der Waals surface area contributed by atoms with Gasteiger partial charge in [-0.3, -0.25) is 14.5 Å². The summed E-state index contributed by atoms with van der Waals surface area (Å²) >= 11 is 0. The topological polar surface area (TPSA) is 83.0 Å². The molecule has 12 heteroatoms. The number of nitrogens with zero attached hydrogens (tertiary/aromatic N) is 12. The molecule has 12 aromatic heterocycles. The van der Waals surface area contributed by atoms with Crippen molar-refractivity contribution in [3.63, 3.8) is 0 Å². The Hall–Kier alpha value is -18.4. The molecule has 12 heterocycles. The molecule has 12 nitrogen and oxygen atoms in total. The Morgan fingerprint density at radius 2 is 0.326 bits per heavy atom. The molecule has 0 radical (unpaired) electrons. The lowest BCUT2D eigenvalue weighted by Crippen LogP contribution is -1.99. The first kappa shape index (κ1) is 75.6. The van der Waals surface area contributed by atoms with Crippen molar-refractivity contribution in [2.45, 2.75) is 0 Å². The number of para-hydroxylation sites is 12. The van der Waals surface area contributed by atoms with Gasteiger partial charge in [0, 0.05) is 173 Å². The van der Waals surface area contributed by atoms with E-state index in [4.69, 9.17) is 4.98 Å². The molecular formula is C123H78N12. The molecule has 0 aliphatic carbocycles. The summed E-state index contributed by atoms with van der Waals surface area (Å²) in [5, 5.41) is 22.2. The number of benzene rings is 18. The summed E-state index contributed by atoms with van der Waals surface area (Å²) in [7, 11) is 0. The number of rotatable bonds is 9. The standard InChI is InChI=1S/3C41H26N4/c1-5-18-36-30(13-1)31-14-2-6-19-37(31)43(36)27-11-9-12-28(25-27)45-40-23-22-29(26-35(40)34-17-10-24-42-41(34)45)44-38-20-7-3-15-32(38)33-16-4-8-21-39(33)44;1-5-16-36-30(12-1)31-13-2-6-17-37(31)43(36)27-10-9-11-28(24-27)44-40-21-20-29(25-34(40)35-26-42-23-22-41(35)44)45-38-18-7-3-14-32(38)33-15-4-8-19-39(33)45;1-5-16-36-30(12-1)31-13-2-6-17-37(31)43(36)27-10-9-11-28(24-27)45-40-21-20-29(25-35(40)34-22-23-42-26-41(34)45)44-38-18-7-3-14-32(38)33-15-4-8-19-39(33)44/h3*1-26H. The molecular weight excluding hydrogens is 1650 g/mol. The zero-order valence-electron chi connectivity index (χ0n) is 72.9. The van der Waals surface area contributed by atoms with Crippen LogP contribution in [-0.4, -0.2) is 56.1 Å². The highest BCUT2D eigenvalue weighted by molar-refractivity contribution is 6.18. The van der Waals surface area contributed by atoms with E-state index in [1.807, 2.05) is 37.1 Å². The largest absolute Gasteiger partial charge is 0.309 e. The van der Waals surface area contributed by atoms with Crippen LogP contribution in [0.5, 0.6) is 0 Å². The van der Waals surface area contributed by atoms with E-state index < -0.39 is 0 Å². The molecule has 30 rings (SSSR count). The van der Waals surface area contributed by atoms with E-state index in [0.29, 0.717) is 0 Å². The predicted octanol–water partition coefficient (Wildman–Crippen LogP) is 31.1. The number of pyridine rings is 3. The first-order valence-electron chi connectivity index (χ1n) is 45.9. The Kier molecular flexibility index (Phi) is 16.9. The third-order valence-electron chi connectivity index (χ3n) is 27.9. The molecule has 0 aliphatic rings. The molecule has 0 fully saturated rings. The van der Waals surface area contributed by atoms with Crippen LogP contribution in [-0.2, 0) is 0 Å². The first-order chi connectivity index (χ1) is 67.0. The lowest BCUT2D eigenvalue weighted by molar-refractivity contribution is 1.11. The van der Waals surface area contributed by atoms with Crippen LogP contribution < -0.4 is 0 Å². The fourth-order valence-corrected chi connectivity index (χ4v) is 22.3. The van der Waals surface area contributed by atoms with Crippen molar-refractivity contribution >= 4 is 196 Å². The second-order valence-electron chi connectivity index (χ2n) is 35.0. The van der Waals surface area contributed by atoms with Crippen LogP contribution in [0.2, 0.25) is 0 Å². The summed E-state index contributed by atoms with van der Waals surface area (Å²) in [6, 6.07) is 160. The number of hydrogen-bond acceptors (Lipinski definition) is 3. The maximum Gasteiger partial charge on any atom is 0.145 e. The van der Waals surface area contributed by atoms with E-state index in [2.05, 4.69) is 488 Å². The summed E-state index contributed by atoms with van der Waals surface area (Å²) in [5.41, 5.74) is 31.2. The van der Waals surface area contributed by atoms with Gasteiger partial charge >= 0.3 is 0 Å². The molecule has 30 aromatic rings. The molecule has 0 bridgehead atoms. The minimum Gasteiger partial charge on any atom is -0.309 e. The van der Waals surface area contributed by atoms with E-state index in [9.17, 15) is 0 Å². The first-order valence-corrected chi connectivity index (χ1v) is 45.9. The lowest BCUT2D eigenvalue weighted by Gasteiger charge is -2.13. The Bertz CT molecular complexity index is 8920. The van der Waals surface area contributed by atoms with Crippen molar-refractivity contribution in [3.8, 4) is 51.2 Å². The van der Waals surface area contributed by atoms with Crippen LogP contribution in [0.15, 0.2) is 474 Å². The highest BCUT2D eigenvalue weighted by atomic mass is 15.1. The molecule has 0 atom stereocenters. The SMILES string of the molecule is c1cc(-n2c3ccccc3c3ccccc32)cc(-n2c3ccc(-n4c5ccccc5c5ccccc54)cc3c3cccnc32)c1.c1cc(-n2c3ccccc3c3ccccc32)cc(-n2c3ccc(-n4c5ccccc5c5ccccc54)cc3c3ccncc32)c1.c1cc(-n2c3ccccc3c3ccccc32)cc(-n2c3ccncc3c3cc(-n4c5ccccc5c5ccccc54)ccc32)c1. The van der Waals surface area contributed by atoms with Crippen LogP contribution in [0.25, 0.3) is 248 Å². The Morgan fingerprint density at radius 3 is 0.630 bits per heavy atom. The van der Waals surface area contributed by atoms with Crippen molar-refractivity contribution in [1.82, 2.24) is 56.1 Å². The minimum absolute atomic E-state index is 0.950. The summed E-state index contributed by atoms with van der Waals surface area (Å²) in [4.78, 5) is 14.1. The van der Waals surface area contributed by atoms with Gasteiger partial charge in [0.2, 0.25) is 0 Å². The second-order valence-corrected chi connectivity index (χ2v) is 35.0. The van der Waals surface area contributed by atoms with Crippen molar-refractivity contribution in [1.29, 1.82) is 0 Å². The third kappa shape index (κ3) is 11.5. The smallest absolute Gasteiger partial charge is 0.145 e. The van der Waals surface area contributed by atoms with Crippen molar-refractivity contribution in [2.24, 2.45) is 0 Å². The molecule has 0 unspecified atom stereocenters. The molecule has 135 heavy (non-hydrogen) atoms. The fourth-order valence-electron chi connectivity index (χ4n) is 22.3. The number of aromatic nitrogens is 12. The molecule has 630 valence electrons. The molecule has 0 saturated carbocycles. The van der Waals surface area contributed by atoms with Crippen LogP contribution >= 0.6 is 0 Å². The van der Waals surface area contributed by atoms with E-state index in [0.717, 1.165) is 95.2 Å². The van der Waals surface area contributed by atoms with Gasteiger partial charge in [0.05, 0.1) is 100.0 Å². The zero-order valence-corrected chi connectivity index (χ0v) is 72.9. The van der Waals surface area contributed by atoms with Crippen LogP contribution in [0.3, 0.4) is 0 Å². The van der Waals surface area contributed by atoms with E-state index in [1.165, 1.54) is 152 Å². The molecule has 0 aliphatic heterocycles. The van der Waals surface area contributed by atoms with Gasteiger partial charge in [-0.15, -0.1) is 0 Å². The van der Waals surface area contributed by atoms with Gasteiger partial charge in [-0.25, -0.2) is 4.98 Å². The highest BCUT2D eigenvalue weighted by Gasteiger charge is 2.25. The van der Waals surface area contributed by atoms with Crippen LogP contribution in [0, 0.1) is 0 Å². The Morgan fingerprint density at radius 1 is 0.119 bits per heavy atom. The van der Waals surface area contributed by atoms with Crippen molar-refractivity contribution in [2.75, 3.05) is 0 Å². The third-order valence-corrected chi connectivity index (χ3v) is 27.9. The van der Waals surface area contributed by atoms with Crippen LogP contribution in [0.1, 0.15) is 0 Å². The molecule has 0 spiro atoms. The molecule has 0 N–H and O–H groups in total. The summed E-state index contributed by atoms with van der Waals surface area (Å²) < 4.78 is 21.3. The average Bonchev–Trinajstić information content (AvgIpc) is 1.59. The molecule has 0 amide bonds.